The molecular formula is C25H26ClNO6. The summed E-state index contributed by atoms with van der Waals surface area (Å²) in [4.78, 5) is 15.0. The van der Waals surface area contributed by atoms with E-state index in [1.54, 1.807) is 42.5 Å². The van der Waals surface area contributed by atoms with E-state index in [-0.39, 0.29) is 30.0 Å². The minimum Gasteiger partial charge on any atom is -0.504 e. The Balaban J connectivity index is 0.00000228. The normalized spacial score (nSPS) is 32.0. The van der Waals surface area contributed by atoms with Crippen molar-refractivity contribution < 1.29 is 29.6 Å². The first-order valence-corrected chi connectivity index (χ1v) is 11.0. The number of likely N-dealkylation sites (N-methyl/N-ethyl adjacent to an activating group) is 1. The van der Waals surface area contributed by atoms with Gasteiger partial charge in [0.2, 0.25) is 0 Å². The third-order valence-electron chi connectivity index (χ3n) is 7.91. The number of carbonyl (C=O) groups excluding carboxylic acids is 1. The lowest BCUT2D eigenvalue weighted by Gasteiger charge is -2.61. The highest BCUT2D eigenvalue weighted by Gasteiger charge is 2.72. The number of benzene rings is 2. The van der Waals surface area contributed by atoms with Crippen LogP contribution in [0.4, 0.5) is 0 Å². The molecule has 2 aromatic carbocycles. The van der Waals surface area contributed by atoms with Gasteiger partial charge in [0.05, 0.1) is 11.0 Å². The van der Waals surface area contributed by atoms with Gasteiger partial charge in [-0.3, -0.25) is 0 Å². The highest BCUT2D eigenvalue weighted by atomic mass is 35.5. The van der Waals surface area contributed by atoms with E-state index < -0.39 is 29.2 Å². The van der Waals surface area contributed by atoms with Gasteiger partial charge >= 0.3 is 5.97 Å². The number of rotatable bonds is 3. The summed E-state index contributed by atoms with van der Waals surface area (Å²) in [6, 6.07) is 12.0. The molecule has 8 heteroatoms. The number of nitrogens with zero attached hydrogens (tertiary/aromatic N) is 1. The first-order valence-electron chi connectivity index (χ1n) is 11.0. The fourth-order valence-electron chi connectivity index (χ4n) is 6.38. The molecule has 2 heterocycles. The van der Waals surface area contributed by atoms with Gasteiger partial charge in [0.1, 0.15) is 5.76 Å². The molecule has 174 valence electrons. The molecule has 1 spiro atoms. The van der Waals surface area contributed by atoms with E-state index in [0.717, 1.165) is 17.7 Å². The van der Waals surface area contributed by atoms with Crippen LogP contribution in [0, 0.1) is 0 Å². The van der Waals surface area contributed by atoms with E-state index in [4.69, 9.17) is 9.47 Å². The molecule has 2 aromatic rings. The van der Waals surface area contributed by atoms with Gasteiger partial charge in [-0.25, -0.2) is 4.79 Å². The molecule has 2 bridgehead atoms. The molecule has 0 saturated carbocycles. The van der Waals surface area contributed by atoms with Gasteiger partial charge in [-0.2, -0.15) is 0 Å². The Hall–Kier alpha value is -2.58. The summed E-state index contributed by atoms with van der Waals surface area (Å²) in [6.07, 6.45) is 1.06. The van der Waals surface area contributed by atoms with Gasteiger partial charge in [0.25, 0.3) is 0 Å². The smallest absolute Gasteiger partial charge is 0.344 e. The standard InChI is InChI=1S/C25H25NO6.ClH/c1-26-12-11-24-19-15-7-8-16(27)21(19)32-22(24)17(9-10-25(24,30)18(26)13-15)31-23(29)20(28)14-5-3-2-4-6-14;/h2-9,18,20,22,27-28,30H,10-13H2,1H3;1H/t18-,20?,22+,24+,25-;/m1./s1. The molecule has 4 aliphatic rings. The lowest BCUT2D eigenvalue weighted by Crippen LogP contribution is -2.74. The number of phenolic OH excluding ortho intramolecular Hbond substituents is 1. The van der Waals surface area contributed by atoms with Crippen LogP contribution >= 0.6 is 12.4 Å². The highest BCUT2D eigenvalue weighted by Crippen LogP contribution is 2.65. The maximum Gasteiger partial charge on any atom is 0.344 e. The predicted octanol–water partition coefficient (Wildman–Crippen LogP) is 2.37. The van der Waals surface area contributed by atoms with Crippen LogP contribution in [0.15, 0.2) is 54.3 Å². The number of ether oxygens (including phenoxy) is 2. The van der Waals surface area contributed by atoms with Crippen molar-refractivity contribution >= 4 is 18.4 Å². The minimum atomic E-state index is -1.43. The molecule has 3 N–H and O–H groups in total. The summed E-state index contributed by atoms with van der Waals surface area (Å²) in [5.74, 6) is -0.140. The largest absolute Gasteiger partial charge is 0.504 e. The molecule has 0 amide bonds. The second-order valence-corrected chi connectivity index (χ2v) is 9.34. The van der Waals surface area contributed by atoms with Crippen molar-refractivity contribution in [2.24, 2.45) is 0 Å². The maximum atomic E-state index is 12.8. The number of carbonyl (C=O) groups is 1. The number of hydrogen-bond donors (Lipinski definition) is 3. The van der Waals surface area contributed by atoms with Crippen molar-refractivity contribution in [1.82, 2.24) is 4.90 Å². The minimum absolute atomic E-state index is 0. The molecule has 33 heavy (non-hydrogen) atoms. The van der Waals surface area contributed by atoms with Gasteiger partial charge in [-0.05, 0) is 49.7 Å². The molecule has 2 aliphatic carbocycles. The number of aromatic hydroxyl groups is 1. The first-order chi connectivity index (χ1) is 15.4. The van der Waals surface area contributed by atoms with Crippen LogP contribution in [-0.4, -0.2) is 57.5 Å². The Bertz CT molecular complexity index is 1150. The molecule has 0 radical (unpaired) electrons. The van der Waals surface area contributed by atoms with Crippen LogP contribution in [0.1, 0.15) is 35.6 Å². The van der Waals surface area contributed by atoms with Crippen LogP contribution in [0.25, 0.3) is 0 Å². The third kappa shape index (κ3) is 2.77. The Morgan fingerprint density at radius 3 is 2.76 bits per heavy atom. The van der Waals surface area contributed by atoms with Crippen LogP contribution in [0.3, 0.4) is 0 Å². The van der Waals surface area contributed by atoms with E-state index in [1.807, 2.05) is 13.1 Å². The molecule has 1 fully saturated rings. The summed E-state index contributed by atoms with van der Waals surface area (Å²) in [6.45, 7) is 0.745. The molecule has 0 aromatic heterocycles. The number of hydrogen-bond acceptors (Lipinski definition) is 7. The number of phenols is 1. The van der Waals surface area contributed by atoms with E-state index >= 15 is 0 Å². The van der Waals surface area contributed by atoms with Crippen LogP contribution in [0.2, 0.25) is 0 Å². The van der Waals surface area contributed by atoms with Gasteiger partial charge in [-0.15, -0.1) is 12.4 Å². The number of aliphatic hydroxyl groups is 2. The molecule has 5 atom stereocenters. The van der Waals surface area contributed by atoms with Crippen LogP contribution in [-0.2, 0) is 21.4 Å². The molecular weight excluding hydrogens is 446 g/mol. The summed E-state index contributed by atoms with van der Waals surface area (Å²) in [7, 11) is 2.02. The number of likely N-dealkylation sites (tertiary alicyclic amines) is 1. The monoisotopic (exact) mass is 471 g/mol. The first kappa shape index (κ1) is 22.2. The molecule has 1 unspecified atom stereocenters. The van der Waals surface area contributed by atoms with Gasteiger partial charge in [-0.1, -0.05) is 36.4 Å². The number of halogens is 1. The number of esters is 1. The fourth-order valence-corrected chi connectivity index (χ4v) is 6.38. The molecule has 1 saturated heterocycles. The number of piperidine rings is 1. The second kappa shape index (κ2) is 7.46. The average Bonchev–Trinajstić information content (AvgIpc) is 3.16. The Labute approximate surface area is 197 Å². The van der Waals surface area contributed by atoms with E-state index in [1.165, 1.54) is 0 Å². The van der Waals surface area contributed by atoms with Crippen molar-refractivity contribution in [2.45, 2.75) is 48.5 Å². The summed E-state index contributed by atoms with van der Waals surface area (Å²) in [5, 5.41) is 33.1. The summed E-state index contributed by atoms with van der Waals surface area (Å²) >= 11 is 0. The average molecular weight is 472 g/mol. The van der Waals surface area contributed by atoms with Crippen LogP contribution < -0.4 is 4.74 Å². The SMILES string of the molecule is CN1CC[C@]23c4c5ccc(O)c4O[C@H]2C(OC(=O)C(O)c2ccccc2)=CC[C@@]3(O)[C@H]1C5.Cl. The van der Waals surface area contributed by atoms with E-state index in [0.29, 0.717) is 30.6 Å². The van der Waals surface area contributed by atoms with Gasteiger partial charge in [0, 0.05) is 18.0 Å². The van der Waals surface area contributed by atoms with Crippen LogP contribution in [0.5, 0.6) is 11.5 Å². The lowest BCUT2D eigenvalue weighted by molar-refractivity contribution is -0.172. The third-order valence-corrected chi connectivity index (χ3v) is 7.91. The van der Waals surface area contributed by atoms with E-state index in [2.05, 4.69) is 4.90 Å². The van der Waals surface area contributed by atoms with Gasteiger partial charge in [0.15, 0.2) is 23.7 Å². The zero-order chi connectivity index (χ0) is 22.3. The topological polar surface area (TPSA) is 99.5 Å². The zero-order valence-corrected chi connectivity index (χ0v) is 18.9. The molecule has 2 aliphatic heterocycles. The Morgan fingerprint density at radius 2 is 2.00 bits per heavy atom. The van der Waals surface area contributed by atoms with Crippen molar-refractivity contribution in [3.8, 4) is 11.5 Å². The summed E-state index contributed by atoms with van der Waals surface area (Å²) in [5.41, 5.74) is 0.368. The maximum absolute atomic E-state index is 12.8. The lowest BCUT2D eigenvalue weighted by atomic mass is 9.50. The fraction of sp³-hybridized carbons (Fsp3) is 0.400. The summed E-state index contributed by atoms with van der Waals surface area (Å²) < 4.78 is 12.0. The Kier molecular flexibility index (Phi) is 5.03. The highest BCUT2D eigenvalue weighted by molar-refractivity contribution is 5.85. The molecule has 7 nitrogen and oxygen atoms in total. The van der Waals surface area contributed by atoms with E-state index in [9.17, 15) is 20.1 Å². The Morgan fingerprint density at radius 1 is 1.24 bits per heavy atom. The quantitative estimate of drug-likeness (QED) is 0.591. The van der Waals surface area contributed by atoms with Crippen molar-refractivity contribution in [3.05, 3.63) is 71.0 Å². The van der Waals surface area contributed by atoms with Crippen molar-refractivity contribution in [3.63, 3.8) is 0 Å². The van der Waals surface area contributed by atoms with Crippen molar-refractivity contribution in [2.75, 3.05) is 13.6 Å². The zero-order valence-electron chi connectivity index (χ0n) is 18.1. The van der Waals surface area contributed by atoms with Crippen molar-refractivity contribution in [1.29, 1.82) is 0 Å². The number of aliphatic hydroxyl groups excluding tert-OH is 1. The second-order valence-electron chi connectivity index (χ2n) is 9.34. The molecule has 6 rings (SSSR count). The predicted molar refractivity (Wildman–Crippen MR) is 121 cm³/mol. The van der Waals surface area contributed by atoms with Gasteiger partial charge < -0.3 is 29.7 Å².